The maximum absolute atomic E-state index is 12.3. The third-order valence-electron chi connectivity index (χ3n) is 5.82. The molecule has 1 aromatic carbocycles. The molecule has 6 heteroatoms. The zero-order valence-electron chi connectivity index (χ0n) is 16.9. The van der Waals surface area contributed by atoms with Crippen molar-refractivity contribution < 1.29 is 4.79 Å². The lowest BCUT2D eigenvalue weighted by Gasteiger charge is -2.17. The van der Waals surface area contributed by atoms with Gasteiger partial charge >= 0.3 is 0 Å². The average Bonchev–Trinajstić information content (AvgIpc) is 3.49. The zero-order valence-corrected chi connectivity index (χ0v) is 16.9. The predicted octanol–water partition coefficient (Wildman–Crippen LogP) is 3.50. The van der Waals surface area contributed by atoms with Crippen molar-refractivity contribution >= 4 is 11.7 Å². The lowest BCUT2D eigenvalue weighted by molar-refractivity contribution is 0.0950. The van der Waals surface area contributed by atoms with Crippen LogP contribution in [0.3, 0.4) is 0 Å². The van der Waals surface area contributed by atoms with E-state index in [0.717, 1.165) is 61.4 Å². The van der Waals surface area contributed by atoms with Gasteiger partial charge in [-0.1, -0.05) is 30.3 Å². The van der Waals surface area contributed by atoms with Gasteiger partial charge in [-0.05, 0) is 55.4 Å². The Morgan fingerprint density at radius 2 is 1.90 bits per heavy atom. The van der Waals surface area contributed by atoms with Gasteiger partial charge in [0.2, 0.25) is 0 Å². The molecule has 6 nitrogen and oxygen atoms in total. The number of aromatic nitrogens is 3. The van der Waals surface area contributed by atoms with Crippen LogP contribution in [-0.4, -0.2) is 40.2 Å². The topological polar surface area (TPSA) is 71.0 Å². The van der Waals surface area contributed by atoms with Crippen molar-refractivity contribution in [2.75, 3.05) is 18.0 Å². The first-order valence-electron chi connectivity index (χ1n) is 10.6. The van der Waals surface area contributed by atoms with Crippen LogP contribution in [0.4, 0.5) is 5.82 Å². The number of hydrogen-bond acceptors (Lipinski definition) is 5. The standard InChI is InChI=1S/C24H25N5O/c30-24(26-21-6-7-21)20-13-18(14-25-15-20)12-17-10-11-29(16-17)23-9-8-22(27-28-23)19-4-2-1-3-5-19/h1-5,8-9,13-15,17,21H,6-7,10-12,16H2,(H,26,30). The molecule has 3 aromatic rings. The van der Waals surface area contributed by atoms with Crippen LogP contribution in [0.25, 0.3) is 11.3 Å². The molecule has 1 atom stereocenters. The van der Waals surface area contributed by atoms with Gasteiger partial charge in [0.25, 0.3) is 5.91 Å². The highest BCUT2D eigenvalue weighted by Crippen LogP contribution is 2.26. The Morgan fingerprint density at radius 3 is 2.67 bits per heavy atom. The molecule has 1 saturated heterocycles. The highest BCUT2D eigenvalue weighted by atomic mass is 16.1. The van der Waals surface area contributed by atoms with Gasteiger partial charge in [-0.25, -0.2) is 0 Å². The first-order chi connectivity index (χ1) is 14.7. The molecule has 0 spiro atoms. The van der Waals surface area contributed by atoms with Crippen molar-refractivity contribution in [2.45, 2.75) is 31.7 Å². The van der Waals surface area contributed by atoms with Crippen LogP contribution in [0.2, 0.25) is 0 Å². The van der Waals surface area contributed by atoms with Crippen LogP contribution in [0, 0.1) is 5.92 Å². The molecule has 1 aliphatic carbocycles. The summed E-state index contributed by atoms with van der Waals surface area (Å²) in [6, 6.07) is 16.6. The highest BCUT2D eigenvalue weighted by Gasteiger charge is 2.26. The molecule has 2 fully saturated rings. The Balaban J connectivity index is 1.20. The molecule has 2 aliphatic rings. The summed E-state index contributed by atoms with van der Waals surface area (Å²) in [5.41, 5.74) is 3.75. The minimum absolute atomic E-state index is 0.00585. The van der Waals surface area contributed by atoms with E-state index in [1.54, 1.807) is 6.20 Å². The molecule has 2 aromatic heterocycles. The lowest BCUT2D eigenvalue weighted by Crippen LogP contribution is -2.25. The molecular formula is C24H25N5O. The fourth-order valence-corrected chi connectivity index (χ4v) is 4.02. The molecule has 0 radical (unpaired) electrons. The van der Waals surface area contributed by atoms with E-state index in [9.17, 15) is 4.79 Å². The minimum atomic E-state index is -0.00585. The molecular weight excluding hydrogens is 374 g/mol. The molecule has 3 heterocycles. The lowest BCUT2D eigenvalue weighted by atomic mass is 9.99. The van der Waals surface area contributed by atoms with Crippen molar-refractivity contribution in [2.24, 2.45) is 5.92 Å². The van der Waals surface area contributed by atoms with E-state index in [1.807, 2.05) is 48.7 Å². The molecule has 152 valence electrons. The number of hydrogen-bond donors (Lipinski definition) is 1. The van der Waals surface area contributed by atoms with Gasteiger partial charge in [-0.3, -0.25) is 9.78 Å². The number of rotatable bonds is 6. The molecule has 1 aliphatic heterocycles. The molecule has 1 unspecified atom stereocenters. The summed E-state index contributed by atoms with van der Waals surface area (Å²) in [6.45, 7) is 1.91. The van der Waals surface area contributed by atoms with Crippen molar-refractivity contribution in [1.82, 2.24) is 20.5 Å². The number of nitrogens with one attached hydrogen (secondary N) is 1. The van der Waals surface area contributed by atoms with Gasteiger partial charge < -0.3 is 10.2 Å². The van der Waals surface area contributed by atoms with Crippen LogP contribution in [0.5, 0.6) is 0 Å². The summed E-state index contributed by atoms with van der Waals surface area (Å²) in [5.74, 6) is 1.44. The smallest absolute Gasteiger partial charge is 0.253 e. The monoisotopic (exact) mass is 399 g/mol. The second kappa shape index (κ2) is 8.22. The van der Waals surface area contributed by atoms with Crippen molar-refractivity contribution in [3.8, 4) is 11.3 Å². The Morgan fingerprint density at radius 1 is 1.03 bits per heavy atom. The molecule has 30 heavy (non-hydrogen) atoms. The maximum atomic E-state index is 12.3. The molecule has 5 rings (SSSR count). The number of anilines is 1. The SMILES string of the molecule is O=C(NC1CC1)c1cncc(CC2CCN(c3ccc(-c4ccccc4)nn3)C2)c1. The van der Waals surface area contributed by atoms with E-state index >= 15 is 0 Å². The summed E-state index contributed by atoms with van der Waals surface area (Å²) in [6.07, 6.45) is 7.74. The Bertz CT molecular complexity index is 1020. The van der Waals surface area contributed by atoms with E-state index in [1.165, 1.54) is 0 Å². The molecule has 1 N–H and O–H groups in total. The normalized spacial score (nSPS) is 18.4. The fourth-order valence-electron chi connectivity index (χ4n) is 4.02. The molecule has 1 saturated carbocycles. The first kappa shape index (κ1) is 18.7. The number of carbonyl (C=O) groups is 1. The van der Waals surface area contributed by atoms with Gasteiger partial charge in [-0.15, -0.1) is 10.2 Å². The van der Waals surface area contributed by atoms with Crippen molar-refractivity contribution in [3.05, 3.63) is 72.1 Å². The number of nitrogens with zero attached hydrogens (tertiary/aromatic N) is 4. The van der Waals surface area contributed by atoms with Gasteiger partial charge in [0.15, 0.2) is 5.82 Å². The number of pyridine rings is 1. The quantitative estimate of drug-likeness (QED) is 0.687. The first-order valence-corrected chi connectivity index (χ1v) is 10.6. The summed E-state index contributed by atoms with van der Waals surface area (Å²) in [7, 11) is 0. The number of carbonyl (C=O) groups excluding carboxylic acids is 1. The zero-order chi connectivity index (χ0) is 20.3. The average molecular weight is 399 g/mol. The number of amides is 1. The fraction of sp³-hybridized carbons (Fsp3) is 0.333. The third kappa shape index (κ3) is 4.32. The number of benzene rings is 1. The summed E-state index contributed by atoms with van der Waals surface area (Å²) in [5, 5.41) is 11.9. The van der Waals surface area contributed by atoms with Gasteiger partial charge in [0.1, 0.15) is 0 Å². The van der Waals surface area contributed by atoms with Gasteiger partial charge in [0, 0.05) is 37.1 Å². The minimum Gasteiger partial charge on any atom is -0.355 e. The second-order valence-corrected chi connectivity index (χ2v) is 8.28. The molecule has 0 bridgehead atoms. The van der Waals surface area contributed by atoms with Gasteiger partial charge in [0.05, 0.1) is 11.3 Å². The summed E-state index contributed by atoms with van der Waals surface area (Å²) < 4.78 is 0. The Kier molecular flexibility index (Phi) is 5.13. The predicted molar refractivity (Wildman–Crippen MR) is 116 cm³/mol. The van der Waals surface area contributed by atoms with Crippen LogP contribution in [0.15, 0.2) is 60.9 Å². The van der Waals surface area contributed by atoms with Crippen LogP contribution in [-0.2, 0) is 6.42 Å². The van der Waals surface area contributed by atoms with Crippen LogP contribution < -0.4 is 10.2 Å². The van der Waals surface area contributed by atoms with E-state index in [0.29, 0.717) is 17.5 Å². The molecule has 1 amide bonds. The van der Waals surface area contributed by atoms with Crippen molar-refractivity contribution in [3.63, 3.8) is 0 Å². The van der Waals surface area contributed by atoms with E-state index in [2.05, 4.69) is 31.5 Å². The highest BCUT2D eigenvalue weighted by molar-refractivity contribution is 5.94. The van der Waals surface area contributed by atoms with Crippen LogP contribution >= 0.6 is 0 Å². The Labute approximate surface area is 176 Å². The summed E-state index contributed by atoms with van der Waals surface area (Å²) >= 11 is 0. The van der Waals surface area contributed by atoms with Gasteiger partial charge in [-0.2, -0.15) is 0 Å². The summed E-state index contributed by atoms with van der Waals surface area (Å²) in [4.78, 5) is 18.9. The van der Waals surface area contributed by atoms with E-state index in [-0.39, 0.29) is 5.91 Å². The maximum Gasteiger partial charge on any atom is 0.253 e. The van der Waals surface area contributed by atoms with Crippen molar-refractivity contribution in [1.29, 1.82) is 0 Å². The third-order valence-corrected chi connectivity index (χ3v) is 5.82. The second-order valence-electron chi connectivity index (χ2n) is 8.28. The van der Waals surface area contributed by atoms with Crippen LogP contribution in [0.1, 0.15) is 35.2 Å². The van der Waals surface area contributed by atoms with E-state index in [4.69, 9.17) is 0 Å². The van der Waals surface area contributed by atoms with E-state index < -0.39 is 0 Å². The Hall–Kier alpha value is -3.28. The largest absolute Gasteiger partial charge is 0.355 e.